The number of likely N-dealkylation sites (N-methyl/N-ethyl adjacent to an activating group) is 1. The van der Waals surface area contributed by atoms with Crippen LogP contribution in [0.3, 0.4) is 0 Å². The molecule has 1 aromatic carbocycles. The van der Waals surface area contributed by atoms with Gasteiger partial charge in [-0.15, -0.1) is 0 Å². The van der Waals surface area contributed by atoms with Crippen molar-refractivity contribution in [3.05, 3.63) is 28.7 Å². The Morgan fingerprint density at radius 2 is 1.90 bits per heavy atom. The molecule has 0 aliphatic heterocycles. The van der Waals surface area contributed by atoms with Crippen molar-refractivity contribution in [3.63, 3.8) is 0 Å². The smallest absolute Gasteiger partial charge is 0.305 e. The molecule has 1 rings (SSSR count). The summed E-state index contributed by atoms with van der Waals surface area (Å²) in [5.74, 6) is 0.249. The summed E-state index contributed by atoms with van der Waals surface area (Å²) in [5, 5.41) is 0. The van der Waals surface area contributed by atoms with E-state index < -0.39 is 0 Å². The first-order valence-electron chi connectivity index (χ1n) is 6.22. The number of amides is 1. The van der Waals surface area contributed by atoms with Gasteiger partial charge in [-0.3, -0.25) is 9.59 Å². The zero-order valence-electron chi connectivity index (χ0n) is 11.6. The van der Waals surface area contributed by atoms with Crippen LogP contribution in [0.25, 0.3) is 0 Å². The normalized spacial score (nSPS) is 9.95. The Labute approximate surface area is 127 Å². The fourth-order valence-electron chi connectivity index (χ4n) is 1.47. The third kappa shape index (κ3) is 6.06. The molecule has 5 nitrogen and oxygen atoms in total. The van der Waals surface area contributed by atoms with E-state index in [1.54, 1.807) is 24.1 Å². The molecule has 6 heteroatoms. The molecular weight excluding hydrogens is 326 g/mol. The van der Waals surface area contributed by atoms with Crippen LogP contribution in [0, 0.1) is 0 Å². The molecule has 110 valence electrons. The molecule has 0 N–H and O–H groups in total. The second kappa shape index (κ2) is 8.58. The molecule has 0 saturated heterocycles. The lowest BCUT2D eigenvalue weighted by molar-refractivity contribution is -0.141. The minimum absolute atomic E-state index is 0.0175. The van der Waals surface area contributed by atoms with Gasteiger partial charge in [0.25, 0.3) is 5.91 Å². The van der Waals surface area contributed by atoms with Gasteiger partial charge in [-0.2, -0.15) is 0 Å². The van der Waals surface area contributed by atoms with Crippen LogP contribution in [0.5, 0.6) is 5.75 Å². The minimum atomic E-state index is -0.267. The highest BCUT2D eigenvalue weighted by atomic mass is 79.9. The first-order chi connectivity index (χ1) is 9.52. The predicted octanol–water partition coefficient (Wildman–Crippen LogP) is 2.24. The Bertz CT molecular complexity index is 447. The molecule has 0 radical (unpaired) electrons. The van der Waals surface area contributed by atoms with Gasteiger partial charge in [0.1, 0.15) is 5.75 Å². The molecule has 0 fully saturated rings. The summed E-state index contributed by atoms with van der Waals surface area (Å²) in [6.45, 7) is 0.480. The van der Waals surface area contributed by atoms with Crippen molar-refractivity contribution in [2.75, 3.05) is 27.3 Å². The summed E-state index contributed by atoms with van der Waals surface area (Å²) in [6, 6.07) is 7.27. The maximum atomic E-state index is 11.8. The van der Waals surface area contributed by atoms with Crippen LogP contribution in [-0.4, -0.2) is 44.1 Å². The molecule has 0 spiro atoms. The molecular formula is C14H18BrNO4. The third-order valence-electron chi connectivity index (χ3n) is 2.70. The standard InChI is InChI=1S/C14H18BrNO4/c1-16(9-3-4-14(18)19-2)13(17)10-20-12-7-5-11(15)6-8-12/h5-8H,3-4,9-10H2,1-2H3. The van der Waals surface area contributed by atoms with Crippen molar-refractivity contribution in [1.82, 2.24) is 4.90 Å². The fraction of sp³-hybridized carbons (Fsp3) is 0.429. The van der Waals surface area contributed by atoms with Crippen molar-refractivity contribution in [3.8, 4) is 5.75 Å². The van der Waals surface area contributed by atoms with E-state index >= 15 is 0 Å². The highest BCUT2D eigenvalue weighted by molar-refractivity contribution is 9.10. The molecule has 0 bridgehead atoms. The maximum Gasteiger partial charge on any atom is 0.305 e. The summed E-state index contributed by atoms with van der Waals surface area (Å²) in [5.41, 5.74) is 0. The highest BCUT2D eigenvalue weighted by Gasteiger charge is 2.10. The number of nitrogens with zero attached hydrogens (tertiary/aromatic N) is 1. The van der Waals surface area contributed by atoms with Crippen molar-refractivity contribution in [2.24, 2.45) is 0 Å². The predicted molar refractivity (Wildman–Crippen MR) is 78.5 cm³/mol. The van der Waals surface area contributed by atoms with Gasteiger partial charge in [0.2, 0.25) is 0 Å². The third-order valence-corrected chi connectivity index (χ3v) is 3.23. The largest absolute Gasteiger partial charge is 0.484 e. The van der Waals surface area contributed by atoms with Crippen LogP contribution < -0.4 is 4.74 Å². The van der Waals surface area contributed by atoms with Crippen molar-refractivity contribution >= 4 is 27.8 Å². The van der Waals surface area contributed by atoms with Gasteiger partial charge in [0.15, 0.2) is 6.61 Å². The maximum absolute atomic E-state index is 11.8. The molecule has 0 aliphatic carbocycles. The zero-order chi connectivity index (χ0) is 15.0. The van der Waals surface area contributed by atoms with Crippen LogP contribution in [0.2, 0.25) is 0 Å². The Kier molecular flexibility index (Phi) is 7.08. The SMILES string of the molecule is COC(=O)CCCN(C)C(=O)COc1ccc(Br)cc1. The molecule has 0 aliphatic rings. The van der Waals surface area contributed by atoms with Gasteiger partial charge in [-0.25, -0.2) is 0 Å². The van der Waals surface area contributed by atoms with E-state index in [1.165, 1.54) is 7.11 Å². The van der Waals surface area contributed by atoms with E-state index in [0.717, 1.165) is 4.47 Å². The Morgan fingerprint density at radius 3 is 2.50 bits per heavy atom. The number of hydrogen-bond donors (Lipinski definition) is 0. The van der Waals surface area contributed by atoms with Crippen LogP contribution in [0.15, 0.2) is 28.7 Å². The van der Waals surface area contributed by atoms with Gasteiger partial charge < -0.3 is 14.4 Å². The van der Waals surface area contributed by atoms with Crippen molar-refractivity contribution < 1.29 is 19.1 Å². The molecule has 0 heterocycles. The number of methoxy groups -OCH3 is 1. The number of carbonyl (C=O) groups excluding carboxylic acids is 2. The minimum Gasteiger partial charge on any atom is -0.484 e. The number of ether oxygens (including phenoxy) is 2. The number of benzene rings is 1. The van der Waals surface area contributed by atoms with Gasteiger partial charge in [0, 0.05) is 24.5 Å². The number of carbonyl (C=O) groups is 2. The number of esters is 1. The van der Waals surface area contributed by atoms with E-state index in [4.69, 9.17) is 4.74 Å². The van der Waals surface area contributed by atoms with Gasteiger partial charge in [0.05, 0.1) is 7.11 Å². The Morgan fingerprint density at radius 1 is 1.25 bits per heavy atom. The average Bonchev–Trinajstić information content (AvgIpc) is 2.45. The molecule has 0 aromatic heterocycles. The molecule has 0 atom stereocenters. The first kappa shape index (κ1) is 16.5. The highest BCUT2D eigenvalue weighted by Crippen LogP contribution is 2.16. The van der Waals surface area contributed by atoms with Gasteiger partial charge in [-0.1, -0.05) is 15.9 Å². The lowest BCUT2D eigenvalue weighted by atomic mass is 10.3. The number of hydrogen-bond acceptors (Lipinski definition) is 4. The van der Waals surface area contributed by atoms with E-state index in [1.807, 2.05) is 12.1 Å². The van der Waals surface area contributed by atoms with Crippen LogP contribution in [0.1, 0.15) is 12.8 Å². The summed E-state index contributed by atoms with van der Waals surface area (Å²) >= 11 is 3.33. The molecule has 1 aromatic rings. The zero-order valence-corrected chi connectivity index (χ0v) is 13.2. The van der Waals surface area contributed by atoms with Crippen molar-refractivity contribution in [2.45, 2.75) is 12.8 Å². The molecule has 1 amide bonds. The van der Waals surface area contributed by atoms with E-state index in [0.29, 0.717) is 25.1 Å². The molecule has 20 heavy (non-hydrogen) atoms. The van der Waals surface area contributed by atoms with Crippen LogP contribution in [0.4, 0.5) is 0 Å². The van der Waals surface area contributed by atoms with Gasteiger partial charge >= 0.3 is 5.97 Å². The number of halogens is 1. The molecule has 0 unspecified atom stereocenters. The quantitative estimate of drug-likeness (QED) is 0.712. The lowest BCUT2D eigenvalue weighted by Crippen LogP contribution is -2.32. The van der Waals surface area contributed by atoms with Gasteiger partial charge in [-0.05, 0) is 30.7 Å². The topological polar surface area (TPSA) is 55.8 Å². The van der Waals surface area contributed by atoms with E-state index in [2.05, 4.69) is 20.7 Å². The summed E-state index contributed by atoms with van der Waals surface area (Å²) in [6.07, 6.45) is 0.884. The monoisotopic (exact) mass is 343 g/mol. The fourth-order valence-corrected chi connectivity index (χ4v) is 1.74. The number of rotatable bonds is 7. The second-order valence-electron chi connectivity index (χ2n) is 4.24. The molecule has 0 saturated carbocycles. The summed E-state index contributed by atoms with van der Waals surface area (Å²) in [7, 11) is 3.04. The Balaban J connectivity index is 2.27. The van der Waals surface area contributed by atoms with E-state index in [-0.39, 0.29) is 18.5 Å². The van der Waals surface area contributed by atoms with Crippen molar-refractivity contribution in [1.29, 1.82) is 0 Å². The first-order valence-corrected chi connectivity index (χ1v) is 7.01. The second-order valence-corrected chi connectivity index (χ2v) is 5.15. The lowest BCUT2D eigenvalue weighted by Gasteiger charge is -2.17. The summed E-state index contributed by atoms with van der Waals surface area (Å²) in [4.78, 5) is 24.3. The van der Waals surface area contributed by atoms with E-state index in [9.17, 15) is 9.59 Å². The van der Waals surface area contributed by atoms with Crippen LogP contribution in [-0.2, 0) is 14.3 Å². The average molecular weight is 344 g/mol. The Hall–Kier alpha value is -1.56. The van der Waals surface area contributed by atoms with Crippen LogP contribution >= 0.6 is 15.9 Å². The summed E-state index contributed by atoms with van der Waals surface area (Å²) < 4.78 is 10.9.